The summed E-state index contributed by atoms with van der Waals surface area (Å²) in [6.45, 7) is 0.787. The maximum absolute atomic E-state index is 11.0. The Balaban J connectivity index is 2.24. The number of nitrogens with two attached hydrogens (primary N) is 1. The van der Waals surface area contributed by atoms with Gasteiger partial charge in [0, 0.05) is 29.2 Å². The molecule has 0 amide bonds. The maximum Gasteiger partial charge on any atom is 0.307 e. The van der Waals surface area contributed by atoms with Crippen LogP contribution in [0.25, 0.3) is 10.9 Å². The van der Waals surface area contributed by atoms with Gasteiger partial charge in [-0.25, -0.2) is 0 Å². The summed E-state index contributed by atoms with van der Waals surface area (Å²) in [5, 5.41) is 10.1. The van der Waals surface area contributed by atoms with Gasteiger partial charge in [-0.2, -0.15) is 0 Å². The second-order valence-electron chi connectivity index (χ2n) is 4.92. The summed E-state index contributed by atoms with van der Waals surface area (Å²) in [6, 6.07) is 8.16. The van der Waals surface area contributed by atoms with E-state index in [0.717, 1.165) is 41.5 Å². The van der Waals surface area contributed by atoms with Crippen LogP contribution in [-0.2, 0) is 24.2 Å². The Bertz CT molecular complexity index is 616. The van der Waals surface area contributed by atoms with Crippen LogP contribution in [0.5, 0.6) is 0 Å². The highest BCUT2D eigenvalue weighted by Crippen LogP contribution is 2.30. The number of carboxylic acids is 1. The van der Waals surface area contributed by atoms with E-state index in [1.165, 1.54) is 0 Å². The third kappa shape index (κ3) is 1.69. The molecule has 4 nitrogen and oxygen atoms in total. The van der Waals surface area contributed by atoms with E-state index < -0.39 is 5.97 Å². The zero-order chi connectivity index (χ0) is 12.7. The lowest BCUT2D eigenvalue weighted by Gasteiger charge is -2.22. The number of nitrogens with zero attached hydrogens (tertiary/aromatic N) is 1. The van der Waals surface area contributed by atoms with E-state index in [9.17, 15) is 4.79 Å². The Kier molecular flexibility index (Phi) is 2.59. The Morgan fingerprint density at radius 2 is 2.22 bits per heavy atom. The van der Waals surface area contributed by atoms with Crippen molar-refractivity contribution in [2.24, 2.45) is 5.73 Å². The minimum absolute atomic E-state index is 0.0953. The smallest absolute Gasteiger partial charge is 0.307 e. The number of hydrogen-bond acceptors (Lipinski definition) is 2. The zero-order valence-corrected chi connectivity index (χ0v) is 10.1. The van der Waals surface area contributed by atoms with E-state index in [1.807, 2.05) is 24.3 Å². The topological polar surface area (TPSA) is 68.2 Å². The number of rotatable bonds is 2. The molecule has 1 aromatic heterocycles. The number of carboxylic acid groups (broad SMARTS) is 1. The molecular weight excluding hydrogens is 228 g/mol. The van der Waals surface area contributed by atoms with Crippen molar-refractivity contribution >= 4 is 16.9 Å². The molecule has 0 spiro atoms. The van der Waals surface area contributed by atoms with Crippen LogP contribution in [0.2, 0.25) is 0 Å². The van der Waals surface area contributed by atoms with Crippen molar-refractivity contribution in [3.05, 3.63) is 35.5 Å². The van der Waals surface area contributed by atoms with Crippen molar-refractivity contribution in [2.45, 2.75) is 31.8 Å². The quantitative estimate of drug-likeness (QED) is 0.842. The molecule has 1 atom stereocenters. The SMILES string of the molecule is N[C@@H]1CCc2c(CC(=O)O)c3ccccc3n2C1. The standard InChI is InChI=1S/C14H16N2O2/c15-9-5-6-13-11(7-14(17)18)10-3-1-2-4-12(10)16(13)8-9/h1-4,9H,5-8,15H2,(H,17,18)/t9-/m1/s1. The van der Waals surface area contributed by atoms with Crippen LogP contribution < -0.4 is 5.73 Å². The summed E-state index contributed by atoms with van der Waals surface area (Å²) < 4.78 is 2.20. The first-order valence-electron chi connectivity index (χ1n) is 6.23. The average Bonchev–Trinajstić information content (AvgIpc) is 2.64. The van der Waals surface area contributed by atoms with E-state index in [2.05, 4.69) is 4.57 Å². The van der Waals surface area contributed by atoms with Gasteiger partial charge in [0.25, 0.3) is 0 Å². The molecule has 94 valence electrons. The Labute approximate surface area is 105 Å². The van der Waals surface area contributed by atoms with Crippen LogP contribution in [-0.4, -0.2) is 21.7 Å². The van der Waals surface area contributed by atoms with Crippen LogP contribution in [0.3, 0.4) is 0 Å². The van der Waals surface area contributed by atoms with Crippen molar-refractivity contribution in [3.63, 3.8) is 0 Å². The molecule has 1 aliphatic rings. The molecule has 0 aliphatic carbocycles. The van der Waals surface area contributed by atoms with Crippen molar-refractivity contribution < 1.29 is 9.90 Å². The van der Waals surface area contributed by atoms with E-state index in [0.29, 0.717) is 0 Å². The fourth-order valence-electron chi connectivity index (χ4n) is 2.92. The Hall–Kier alpha value is -1.81. The minimum Gasteiger partial charge on any atom is -0.481 e. The van der Waals surface area contributed by atoms with E-state index >= 15 is 0 Å². The molecule has 0 fully saturated rings. The lowest BCUT2D eigenvalue weighted by atomic mass is 10.0. The summed E-state index contributed by atoms with van der Waals surface area (Å²) in [6.07, 6.45) is 1.90. The third-order valence-electron chi connectivity index (χ3n) is 3.69. The molecule has 3 rings (SSSR count). The van der Waals surface area contributed by atoms with Gasteiger partial charge in [0.1, 0.15) is 0 Å². The van der Waals surface area contributed by atoms with Crippen molar-refractivity contribution in [2.75, 3.05) is 0 Å². The molecule has 1 aromatic carbocycles. The highest BCUT2D eigenvalue weighted by Gasteiger charge is 2.23. The van der Waals surface area contributed by atoms with Crippen LogP contribution in [0.15, 0.2) is 24.3 Å². The van der Waals surface area contributed by atoms with Gasteiger partial charge in [-0.05, 0) is 24.5 Å². The number of carbonyl (C=O) groups is 1. The second-order valence-corrected chi connectivity index (χ2v) is 4.92. The monoisotopic (exact) mass is 244 g/mol. The molecule has 3 N–H and O–H groups in total. The van der Waals surface area contributed by atoms with Crippen molar-refractivity contribution in [3.8, 4) is 0 Å². The van der Waals surface area contributed by atoms with Gasteiger partial charge in [0.2, 0.25) is 0 Å². The molecule has 0 bridgehead atoms. The van der Waals surface area contributed by atoms with Crippen LogP contribution in [0.4, 0.5) is 0 Å². The van der Waals surface area contributed by atoms with Gasteiger partial charge in [0.05, 0.1) is 6.42 Å². The molecule has 2 aromatic rings. The highest BCUT2D eigenvalue weighted by atomic mass is 16.4. The van der Waals surface area contributed by atoms with Gasteiger partial charge in [-0.1, -0.05) is 18.2 Å². The molecule has 0 saturated heterocycles. The summed E-state index contributed by atoms with van der Waals surface area (Å²) >= 11 is 0. The van der Waals surface area contributed by atoms with Gasteiger partial charge >= 0.3 is 5.97 Å². The lowest BCUT2D eigenvalue weighted by Crippen LogP contribution is -2.32. The minimum atomic E-state index is -0.774. The lowest BCUT2D eigenvalue weighted by molar-refractivity contribution is -0.136. The molecule has 0 saturated carbocycles. The molecule has 1 aliphatic heterocycles. The molecule has 0 radical (unpaired) electrons. The summed E-state index contributed by atoms with van der Waals surface area (Å²) in [4.78, 5) is 11.0. The molecular formula is C14H16N2O2. The third-order valence-corrected chi connectivity index (χ3v) is 3.69. The zero-order valence-electron chi connectivity index (χ0n) is 10.1. The second kappa shape index (κ2) is 4.14. The number of benzene rings is 1. The largest absolute Gasteiger partial charge is 0.481 e. The Morgan fingerprint density at radius 3 is 3.00 bits per heavy atom. The maximum atomic E-state index is 11.0. The van der Waals surface area contributed by atoms with E-state index in [-0.39, 0.29) is 12.5 Å². The first kappa shape index (κ1) is 11.3. The fourth-order valence-corrected chi connectivity index (χ4v) is 2.92. The first-order valence-corrected chi connectivity index (χ1v) is 6.23. The summed E-state index contributed by atoms with van der Waals surface area (Å²) in [5.41, 5.74) is 9.24. The predicted octanol–water partition coefficient (Wildman–Crippen LogP) is 1.54. The van der Waals surface area contributed by atoms with E-state index in [1.54, 1.807) is 0 Å². The van der Waals surface area contributed by atoms with Crippen LogP contribution in [0, 0.1) is 0 Å². The predicted molar refractivity (Wildman–Crippen MR) is 69.6 cm³/mol. The number of fused-ring (bicyclic) bond motifs is 3. The number of para-hydroxylation sites is 1. The molecule has 18 heavy (non-hydrogen) atoms. The van der Waals surface area contributed by atoms with Crippen LogP contribution >= 0.6 is 0 Å². The van der Waals surface area contributed by atoms with E-state index in [4.69, 9.17) is 10.8 Å². The number of hydrogen-bond donors (Lipinski definition) is 2. The first-order chi connectivity index (χ1) is 8.66. The average molecular weight is 244 g/mol. The highest BCUT2D eigenvalue weighted by molar-refractivity contribution is 5.89. The number of aliphatic carboxylic acids is 1. The summed E-state index contributed by atoms with van der Waals surface area (Å²) in [7, 11) is 0. The molecule has 2 heterocycles. The van der Waals surface area contributed by atoms with Crippen molar-refractivity contribution in [1.29, 1.82) is 0 Å². The number of aromatic nitrogens is 1. The van der Waals surface area contributed by atoms with Gasteiger partial charge in [-0.3, -0.25) is 4.79 Å². The van der Waals surface area contributed by atoms with Gasteiger partial charge < -0.3 is 15.4 Å². The Morgan fingerprint density at radius 1 is 1.44 bits per heavy atom. The fraction of sp³-hybridized carbons (Fsp3) is 0.357. The molecule has 4 heteroatoms. The van der Waals surface area contributed by atoms with Gasteiger partial charge in [-0.15, -0.1) is 0 Å². The summed E-state index contributed by atoms with van der Waals surface area (Å²) in [5.74, 6) is -0.774. The molecule has 0 unspecified atom stereocenters. The van der Waals surface area contributed by atoms with Crippen LogP contribution in [0.1, 0.15) is 17.7 Å². The van der Waals surface area contributed by atoms with Crippen molar-refractivity contribution in [1.82, 2.24) is 4.57 Å². The normalized spacial score (nSPS) is 18.8. The van der Waals surface area contributed by atoms with Gasteiger partial charge in [0.15, 0.2) is 0 Å².